The standard InChI is InChI=1S/C32H31F4N5O4/c1-43-29-18-24-26(19-30(29)44-15-5-14-40-12-2-3-13-40)38-11-10-27(24)45-28-9-8-23(17-25(28)33)41(31(37)42)39-20-21-6-4-7-22(16-21)32(34,35)36/h4,6-11,16-20H,2-3,5,12-15H2,1H3,(H2,37,42). The summed E-state index contributed by atoms with van der Waals surface area (Å²) in [4.78, 5) is 18.9. The quantitative estimate of drug-likeness (QED) is 0.0836. The molecule has 45 heavy (non-hydrogen) atoms. The van der Waals surface area contributed by atoms with E-state index >= 15 is 4.39 Å². The van der Waals surface area contributed by atoms with Crippen molar-refractivity contribution in [3.8, 4) is 23.0 Å². The number of nitrogens with zero attached hydrogens (tertiary/aromatic N) is 4. The van der Waals surface area contributed by atoms with E-state index in [-0.39, 0.29) is 17.0 Å². The van der Waals surface area contributed by atoms with Gasteiger partial charge in [0, 0.05) is 30.3 Å². The third-order valence-electron chi connectivity index (χ3n) is 7.19. The Morgan fingerprint density at radius 3 is 2.56 bits per heavy atom. The lowest BCUT2D eigenvalue weighted by molar-refractivity contribution is -0.137. The van der Waals surface area contributed by atoms with Crippen molar-refractivity contribution in [3.05, 3.63) is 83.8 Å². The summed E-state index contributed by atoms with van der Waals surface area (Å²) in [6.07, 6.45) is 1.32. The van der Waals surface area contributed by atoms with Gasteiger partial charge in [-0.2, -0.15) is 23.3 Å². The zero-order valence-electron chi connectivity index (χ0n) is 24.4. The Bertz CT molecular complexity index is 1690. The molecule has 1 saturated heterocycles. The fourth-order valence-electron chi connectivity index (χ4n) is 4.96. The highest BCUT2D eigenvalue weighted by Gasteiger charge is 2.30. The molecule has 9 nitrogen and oxygen atoms in total. The average molecular weight is 626 g/mol. The van der Waals surface area contributed by atoms with Crippen LogP contribution in [0.15, 0.2) is 72.0 Å². The molecule has 1 aliphatic rings. The van der Waals surface area contributed by atoms with Crippen LogP contribution in [0.25, 0.3) is 10.9 Å². The number of rotatable bonds is 11. The Kier molecular flexibility index (Phi) is 9.67. The molecule has 0 unspecified atom stereocenters. The highest BCUT2D eigenvalue weighted by molar-refractivity contribution is 5.93. The normalized spacial score (nSPS) is 13.8. The highest BCUT2D eigenvalue weighted by atomic mass is 19.4. The van der Waals surface area contributed by atoms with Crippen LogP contribution in [-0.4, -0.2) is 55.5 Å². The SMILES string of the molecule is COc1cc2c(Oc3ccc(N(N=Cc4cccc(C(F)(F)F)c4)C(N)=O)cc3F)ccnc2cc1OCCCN1CCCC1. The number of benzene rings is 3. The first-order valence-corrected chi connectivity index (χ1v) is 14.2. The second-order valence-electron chi connectivity index (χ2n) is 10.3. The second-order valence-corrected chi connectivity index (χ2v) is 10.3. The summed E-state index contributed by atoms with van der Waals surface area (Å²) in [5, 5.41) is 5.09. The summed E-state index contributed by atoms with van der Waals surface area (Å²) in [5.41, 5.74) is 5.07. The second kappa shape index (κ2) is 13.8. The van der Waals surface area contributed by atoms with Gasteiger partial charge in [-0.15, -0.1) is 0 Å². The van der Waals surface area contributed by atoms with E-state index in [4.69, 9.17) is 19.9 Å². The number of likely N-dealkylation sites (tertiary alicyclic amines) is 1. The lowest BCUT2D eigenvalue weighted by Crippen LogP contribution is -2.31. The Balaban J connectivity index is 1.32. The molecule has 1 aromatic heterocycles. The largest absolute Gasteiger partial charge is 0.493 e. The van der Waals surface area contributed by atoms with Crippen LogP contribution in [0.5, 0.6) is 23.0 Å². The van der Waals surface area contributed by atoms with E-state index in [0.717, 1.165) is 50.5 Å². The number of fused-ring (bicyclic) bond motifs is 1. The molecular formula is C32H31F4N5O4. The molecule has 2 N–H and O–H groups in total. The van der Waals surface area contributed by atoms with Crippen LogP contribution in [0.1, 0.15) is 30.4 Å². The number of hydrogen-bond acceptors (Lipinski definition) is 7. The molecule has 0 atom stereocenters. The maximum atomic E-state index is 15.3. The molecule has 1 aliphatic heterocycles. The molecule has 13 heteroatoms. The van der Waals surface area contributed by atoms with Crippen molar-refractivity contribution in [2.24, 2.45) is 10.8 Å². The molecule has 0 bridgehead atoms. The monoisotopic (exact) mass is 625 g/mol. The molecule has 5 rings (SSSR count). The van der Waals surface area contributed by atoms with E-state index in [0.29, 0.717) is 39.8 Å². The van der Waals surface area contributed by atoms with E-state index in [1.54, 1.807) is 18.2 Å². The number of ether oxygens (including phenoxy) is 3. The number of methoxy groups -OCH3 is 1. The van der Waals surface area contributed by atoms with Gasteiger partial charge in [0.15, 0.2) is 23.1 Å². The third kappa shape index (κ3) is 7.79. The van der Waals surface area contributed by atoms with E-state index in [2.05, 4.69) is 15.0 Å². The predicted molar refractivity (Wildman–Crippen MR) is 162 cm³/mol. The van der Waals surface area contributed by atoms with Crippen LogP contribution in [0.4, 0.5) is 28.0 Å². The number of primary amides is 1. The van der Waals surface area contributed by atoms with Crippen molar-refractivity contribution in [1.82, 2.24) is 9.88 Å². The number of amides is 2. The molecule has 1 fully saturated rings. The topological polar surface area (TPSA) is 103 Å². The Morgan fingerprint density at radius 2 is 1.84 bits per heavy atom. The molecule has 0 spiro atoms. The smallest absolute Gasteiger partial charge is 0.416 e. The van der Waals surface area contributed by atoms with Crippen LogP contribution < -0.4 is 25.0 Å². The molecule has 3 aromatic carbocycles. The summed E-state index contributed by atoms with van der Waals surface area (Å²) in [5.74, 6) is 0.276. The number of halogens is 4. The van der Waals surface area contributed by atoms with Crippen molar-refractivity contribution in [2.45, 2.75) is 25.4 Å². The van der Waals surface area contributed by atoms with E-state index in [9.17, 15) is 18.0 Å². The minimum Gasteiger partial charge on any atom is -0.493 e. The van der Waals surface area contributed by atoms with Crippen LogP contribution >= 0.6 is 0 Å². The van der Waals surface area contributed by atoms with E-state index in [1.807, 2.05) is 0 Å². The number of alkyl halides is 3. The first-order valence-electron chi connectivity index (χ1n) is 14.2. The Hall–Kier alpha value is -4.91. The zero-order valence-corrected chi connectivity index (χ0v) is 24.4. The molecule has 2 amide bonds. The van der Waals surface area contributed by atoms with Gasteiger partial charge in [-0.05, 0) is 74.3 Å². The third-order valence-corrected chi connectivity index (χ3v) is 7.19. The first-order chi connectivity index (χ1) is 21.6. The molecule has 0 saturated carbocycles. The number of anilines is 1. The van der Waals surface area contributed by atoms with Gasteiger partial charge >= 0.3 is 12.2 Å². The molecule has 236 valence electrons. The molecule has 0 radical (unpaired) electrons. The molecule has 4 aromatic rings. The minimum absolute atomic E-state index is 0.0622. The molecule has 0 aliphatic carbocycles. The van der Waals surface area contributed by atoms with Crippen molar-refractivity contribution in [2.75, 3.05) is 38.4 Å². The number of hydrogen-bond donors (Lipinski definition) is 1. The number of carbonyl (C=O) groups is 1. The van der Waals surface area contributed by atoms with Crippen LogP contribution in [0, 0.1) is 5.82 Å². The van der Waals surface area contributed by atoms with E-state index in [1.165, 1.54) is 50.4 Å². The van der Waals surface area contributed by atoms with Gasteiger partial charge in [-0.1, -0.05) is 12.1 Å². The summed E-state index contributed by atoms with van der Waals surface area (Å²) >= 11 is 0. The summed E-state index contributed by atoms with van der Waals surface area (Å²) in [6.45, 7) is 3.72. The number of nitrogens with two attached hydrogens (primary N) is 1. The zero-order chi connectivity index (χ0) is 32.0. The number of pyridine rings is 1. The van der Waals surface area contributed by atoms with Gasteiger partial charge in [-0.3, -0.25) is 4.98 Å². The van der Waals surface area contributed by atoms with Gasteiger partial charge in [-0.25, -0.2) is 9.18 Å². The number of aromatic nitrogens is 1. The maximum Gasteiger partial charge on any atom is 0.416 e. The fourth-order valence-corrected chi connectivity index (χ4v) is 4.96. The predicted octanol–water partition coefficient (Wildman–Crippen LogP) is 6.98. The van der Waals surface area contributed by atoms with Crippen LogP contribution in [0.3, 0.4) is 0 Å². The highest BCUT2D eigenvalue weighted by Crippen LogP contribution is 2.38. The minimum atomic E-state index is -4.56. The lowest BCUT2D eigenvalue weighted by Gasteiger charge is -2.17. The van der Waals surface area contributed by atoms with Crippen molar-refractivity contribution < 1.29 is 36.6 Å². The average Bonchev–Trinajstić information content (AvgIpc) is 3.54. The Labute approximate surface area is 256 Å². The van der Waals surface area contributed by atoms with Crippen molar-refractivity contribution in [1.29, 1.82) is 0 Å². The fraction of sp³-hybridized carbons (Fsp3) is 0.281. The molecular weight excluding hydrogens is 594 g/mol. The van der Waals surface area contributed by atoms with Gasteiger partial charge < -0.3 is 24.8 Å². The number of carbonyl (C=O) groups excluding carboxylic acids is 1. The Morgan fingerprint density at radius 1 is 1.04 bits per heavy atom. The van der Waals surface area contributed by atoms with E-state index < -0.39 is 23.6 Å². The lowest BCUT2D eigenvalue weighted by atomic mass is 10.1. The van der Waals surface area contributed by atoms with Crippen LogP contribution in [-0.2, 0) is 6.18 Å². The van der Waals surface area contributed by atoms with Crippen LogP contribution in [0.2, 0.25) is 0 Å². The van der Waals surface area contributed by atoms with Gasteiger partial charge in [0.2, 0.25) is 0 Å². The number of hydrazone groups is 1. The summed E-state index contributed by atoms with van der Waals surface area (Å²) in [6, 6.07) is 11.9. The van der Waals surface area contributed by atoms with Gasteiger partial charge in [0.25, 0.3) is 0 Å². The summed E-state index contributed by atoms with van der Waals surface area (Å²) in [7, 11) is 1.52. The molecule has 2 heterocycles. The maximum absolute atomic E-state index is 15.3. The van der Waals surface area contributed by atoms with Gasteiger partial charge in [0.05, 0.1) is 36.7 Å². The summed E-state index contributed by atoms with van der Waals surface area (Å²) < 4.78 is 71.8. The van der Waals surface area contributed by atoms with Gasteiger partial charge in [0.1, 0.15) is 5.75 Å². The van der Waals surface area contributed by atoms with Crippen molar-refractivity contribution >= 4 is 28.8 Å². The van der Waals surface area contributed by atoms with Crippen molar-refractivity contribution in [3.63, 3.8) is 0 Å². The number of urea groups is 1. The first kappa shape index (κ1) is 31.5.